The summed E-state index contributed by atoms with van der Waals surface area (Å²) in [6.07, 6.45) is 3.33. The van der Waals surface area contributed by atoms with Crippen LogP contribution in [0.4, 0.5) is 5.69 Å². The van der Waals surface area contributed by atoms with Gasteiger partial charge in [0.25, 0.3) is 0 Å². The second kappa shape index (κ2) is 9.19. The normalized spacial score (nSPS) is 12.3. The number of amides is 1. The number of carbonyl (C=O) groups excluding carboxylic acids is 1. The SMILES string of the molecule is COc1cccc(C(NS(=O)(=O)c2ccc(OC)c(NC(C)=O)c2)c2nccn2C)c1. The fourth-order valence-corrected chi connectivity index (χ4v) is 4.32. The van der Waals surface area contributed by atoms with Crippen molar-refractivity contribution in [1.82, 2.24) is 14.3 Å². The third-order valence-electron chi connectivity index (χ3n) is 4.61. The number of aryl methyl sites for hydroxylation is 1. The van der Waals surface area contributed by atoms with Crippen LogP contribution in [0.1, 0.15) is 24.4 Å². The molecule has 1 unspecified atom stereocenters. The summed E-state index contributed by atoms with van der Waals surface area (Å²) in [7, 11) is 0.759. The summed E-state index contributed by atoms with van der Waals surface area (Å²) in [5.41, 5.74) is 0.917. The van der Waals surface area contributed by atoms with Gasteiger partial charge in [0.2, 0.25) is 15.9 Å². The van der Waals surface area contributed by atoms with Crippen LogP contribution in [0.15, 0.2) is 59.8 Å². The van der Waals surface area contributed by atoms with Crippen molar-refractivity contribution < 1.29 is 22.7 Å². The highest BCUT2D eigenvalue weighted by atomic mass is 32.2. The molecule has 0 saturated carbocycles. The number of ether oxygens (including phenoxy) is 2. The molecule has 0 bridgehead atoms. The maximum atomic E-state index is 13.3. The number of methoxy groups -OCH3 is 2. The van der Waals surface area contributed by atoms with E-state index in [-0.39, 0.29) is 16.5 Å². The van der Waals surface area contributed by atoms with E-state index in [2.05, 4.69) is 15.0 Å². The monoisotopic (exact) mass is 444 g/mol. The summed E-state index contributed by atoms with van der Waals surface area (Å²) in [6, 6.07) is 10.6. The predicted octanol–water partition coefficient (Wildman–Crippen LogP) is 2.46. The number of imidazole rings is 1. The van der Waals surface area contributed by atoms with Crippen LogP contribution in [0.25, 0.3) is 0 Å². The molecule has 0 fully saturated rings. The molecule has 10 heteroatoms. The van der Waals surface area contributed by atoms with Gasteiger partial charge < -0.3 is 19.4 Å². The molecule has 1 amide bonds. The molecule has 31 heavy (non-hydrogen) atoms. The highest BCUT2D eigenvalue weighted by Crippen LogP contribution is 2.30. The average Bonchev–Trinajstić information content (AvgIpc) is 3.17. The van der Waals surface area contributed by atoms with E-state index < -0.39 is 16.1 Å². The van der Waals surface area contributed by atoms with Gasteiger partial charge in [-0.2, -0.15) is 4.72 Å². The number of carbonyl (C=O) groups is 1. The maximum absolute atomic E-state index is 13.3. The van der Waals surface area contributed by atoms with Crippen molar-refractivity contribution in [2.24, 2.45) is 7.05 Å². The molecule has 0 spiro atoms. The van der Waals surface area contributed by atoms with Crippen LogP contribution >= 0.6 is 0 Å². The molecular weight excluding hydrogens is 420 g/mol. The molecule has 1 heterocycles. The molecule has 1 atom stereocenters. The van der Waals surface area contributed by atoms with Crippen molar-refractivity contribution >= 4 is 21.6 Å². The Bertz CT molecular complexity index is 1190. The molecule has 164 valence electrons. The van der Waals surface area contributed by atoms with Crippen LogP contribution in [0.3, 0.4) is 0 Å². The van der Waals surface area contributed by atoms with Crippen LogP contribution in [0.2, 0.25) is 0 Å². The van der Waals surface area contributed by atoms with E-state index in [0.29, 0.717) is 22.9 Å². The Morgan fingerprint density at radius 3 is 2.52 bits per heavy atom. The summed E-state index contributed by atoms with van der Waals surface area (Å²) in [6.45, 7) is 1.33. The lowest BCUT2D eigenvalue weighted by Crippen LogP contribution is -2.31. The smallest absolute Gasteiger partial charge is 0.241 e. The van der Waals surface area contributed by atoms with Crippen LogP contribution in [0, 0.1) is 0 Å². The second-order valence-electron chi connectivity index (χ2n) is 6.77. The number of rotatable bonds is 8. The average molecular weight is 445 g/mol. The maximum Gasteiger partial charge on any atom is 0.241 e. The Balaban J connectivity index is 2.04. The first kappa shape index (κ1) is 22.3. The Kier molecular flexibility index (Phi) is 6.62. The van der Waals surface area contributed by atoms with Gasteiger partial charge in [-0.1, -0.05) is 12.1 Å². The minimum Gasteiger partial charge on any atom is -0.497 e. The number of sulfonamides is 1. The number of benzene rings is 2. The largest absolute Gasteiger partial charge is 0.497 e. The van der Waals surface area contributed by atoms with Crippen LogP contribution in [0.5, 0.6) is 11.5 Å². The summed E-state index contributed by atoms with van der Waals surface area (Å²) in [5.74, 6) is 1.10. The van der Waals surface area contributed by atoms with Gasteiger partial charge in [-0.3, -0.25) is 4.79 Å². The molecule has 3 rings (SSSR count). The number of nitrogens with one attached hydrogen (secondary N) is 2. The Hall–Kier alpha value is -3.37. The molecule has 0 aliphatic rings. The zero-order valence-corrected chi connectivity index (χ0v) is 18.4. The Morgan fingerprint density at radius 1 is 1.13 bits per heavy atom. The van der Waals surface area contributed by atoms with E-state index >= 15 is 0 Å². The van der Waals surface area contributed by atoms with Gasteiger partial charge in [0.1, 0.15) is 23.4 Å². The first-order valence-electron chi connectivity index (χ1n) is 9.34. The third-order valence-corrected chi connectivity index (χ3v) is 6.03. The molecule has 2 N–H and O–H groups in total. The molecule has 0 aliphatic heterocycles. The Labute approximate surface area is 181 Å². The molecular formula is C21H24N4O5S. The highest BCUT2D eigenvalue weighted by molar-refractivity contribution is 7.89. The molecule has 3 aromatic rings. The third kappa shape index (κ3) is 5.04. The molecule has 0 aliphatic carbocycles. The number of nitrogens with zero attached hydrogens (tertiary/aromatic N) is 2. The first-order chi connectivity index (χ1) is 14.7. The predicted molar refractivity (Wildman–Crippen MR) is 116 cm³/mol. The number of hydrogen-bond acceptors (Lipinski definition) is 6. The summed E-state index contributed by atoms with van der Waals surface area (Å²) >= 11 is 0. The standard InChI is InChI=1S/C21H24N4O5S/c1-14(26)23-18-13-17(8-9-19(18)30-4)31(27,28)24-20(21-22-10-11-25(21)2)15-6-5-7-16(12-15)29-3/h5-13,20,24H,1-4H3,(H,23,26). The number of hydrogen-bond donors (Lipinski definition) is 2. The van der Waals surface area contributed by atoms with Crippen molar-refractivity contribution in [2.45, 2.75) is 17.9 Å². The van der Waals surface area contributed by atoms with Gasteiger partial charge >= 0.3 is 0 Å². The lowest BCUT2D eigenvalue weighted by molar-refractivity contribution is -0.114. The highest BCUT2D eigenvalue weighted by Gasteiger charge is 2.27. The minimum atomic E-state index is -4.00. The fraction of sp³-hybridized carbons (Fsp3) is 0.238. The quantitative estimate of drug-likeness (QED) is 0.552. The zero-order chi connectivity index (χ0) is 22.6. The van der Waals surface area contributed by atoms with E-state index in [0.717, 1.165) is 0 Å². The summed E-state index contributed by atoms with van der Waals surface area (Å²) in [5, 5.41) is 2.58. The van der Waals surface area contributed by atoms with Crippen LogP contribution in [-0.4, -0.2) is 38.1 Å². The minimum absolute atomic E-state index is 0.0286. The number of aromatic nitrogens is 2. The molecule has 0 saturated heterocycles. The van der Waals surface area contributed by atoms with Gasteiger partial charge in [0.05, 0.1) is 24.8 Å². The van der Waals surface area contributed by atoms with Crippen LogP contribution < -0.4 is 19.5 Å². The van der Waals surface area contributed by atoms with Gasteiger partial charge in [0.15, 0.2) is 0 Å². The molecule has 2 aromatic carbocycles. The topological polar surface area (TPSA) is 112 Å². The van der Waals surface area contributed by atoms with E-state index in [1.54, 1.807) is 55.4 Å². The lowest BCUT2D eigenvalue weighted by Gasteiger charge is -2.20. The fourth-order valence-electron chi connectivity index (χ4n) is 3.11. The van der Waals surface area contributed by atoms with E-state index in [4.69, 9.17) is 9.47 Å². The van der Waals surface area contributed by atoms with Crippen molar-refractivity contribution in [2.75, 3.05) is 19.5 Å². The van der Waals surface area contributed by atoms with Gasteiger partial charge in [-0.25, -0.2) is 13.4 Å². The van der Waals surface area contributed by atoms with E-state index in [1.807, 2.05) is 0 Å². The van der Waals surface area contributed by atoms with Gasteiger partial charge in [-0.15, -0.1) is 0 Å². The van der Waals surface area contributed by atoms with E-state index in [9.17, 15) is 13.2 Å². The summed E-state index contributed by atoms with van der Waals surface area (Å²) in [4.78, 5) is 15.8. The van der Waals surface area contributed by atoms with Gasteiger partial charge in [-0.05, 0) is 35.9 Å². The van der Waals surface area contributed by atoms with Crippen molar-refractivity contribution in [3.05, 3.63) is 66.2 Å². The van der Waals surface area contributed by atoms with Crippen molar-refractivity contribution in [1.29, 1.82) is 0 Å². The van der Waals surface area contributed by atoms with Gasteiger partial charge in [0, 0.05) is 26.4 Å². The first-order valence-corrected chi connectivity index (χ1v) is 10.8. The molecule has 9 nitrogen and oxygen atoms in total. The Morgan fingerprint density at radius 2 is 1.90 bits per heavy atom. The lowest BCUT2D eigenvalue weighted by atomic mass is 10.1. The zero-order valence-electron chi connectivity index (χ0n) is 17.6. The molecule has 0 radical (unpaired) electrons. The number of anilines is 1. The molecule has 1 aromatic heterocycles. The van der Waals surface area contributed by atoms with Crippen LogP contribution in [-0.2, 0) is 21.9 Å². The van der Waals surface area contributed by atoms with Crippen molar-refractivity contribution in [3.63, 3.8) is 0 Å². The second-order valence-corrected chi connectivity index (χ2v) is 8.48. The van der Waals surface area contributed by atoms with E-state index in [1.165, 1.54) is 32.2 Å². The summed E-state index contributed by atoms with van der Waals surface area (Å²) < 4.78 is 41.5. The van der Waals surface area contributed by atoms with Crippen molar-refractivity contribution in [3.8, 4) is 11.5 Å².